The van der Waals surface area contributed by atoms with Crippen LogP contribution < -0.4 is 5.32 Å². The Hall–Kier alpha value is -2.38. The molecule has 1 unspecified atom stereocenters. The van der Waals surface area contributed by atoms with Crippen LogP contribution >= 0.6 is 23.2 Å². The minimum absolute atomic E-state index is 0.143. The van der Waals surface area contributed by atoms with E-state index >= 15 is 0 Å². The number of benzene rings is 1. The van der Waals surface area contributed by atoms with Gasteiger partial charge in [0, 0.05) is 0 Å². The maximum absolute atomic E-state index is 12.6. The van der Waals surface area contributed by atoms with E-state index < -0.39 is 18.2 Å². The lowest BCUT2D eigenvalue weighted by molar-refractivity contribution is 0.0619. The van der Waals surface area contributed by atoms with Gasteiger partial charge in [0.25, 0.3) is 0 Å². The predicted molar refractivity (Wildman–Crippen MR) is 141 cm³/mol. The van der Waals surface area contributed by atoms with Crippen LogP contribution in [0.4, 0.5) is 9.59 Å². The molecule has 1 aliphatic rings. The first-order valence-corrected chi connectivity index (χ1v) is 13.4. The van der Waals surface area contributed by atoms with Crippen LogP contribution in [0.15, 0.2) is 41.1 Å². The zero-order valence-electron chi connectivity index (χ0n) is 21.6. The lowest BCUT2D eigenvalue weighted by atomic mass is 9.90. The minimum atomic E-state index is -0.882. The van der Waals surface area contributed by atoms with Crippen LogP contribution in [0, 0.1) is 0 Å². The summed E-state index contributed by atoms with van der Waals surface area (Å²) < 4.78 is 21.4. The SMILES string of the molecule is CCCCCCCCCCOC(=O)OC1=C(C)NC(C)=C(OC(=O)OCC)C1c1cccc(Cl)c1Cl. The molecule has 200 valence electrons. The minimum Gasteiger partial charge on any atom is -0.434 e. The summed E-state index contributed by atoms with van der Waals surface area (Å²) >= 11 is 12.8. The number of halogens is 2. The molecule has 1 aliphatic heterocycles. The largest absolute Gasteiger partial charge is 0.513 e. The number of allylic oxidation sites excluding steroid dienone is 2. The third-order valence-corrected chi connectivity index (χ3v) is 6.63. The first kappa shape index (κ1) is 29.8. The number of unbranched alkanes of at least 4 members (excludes halogenated alkanes) is 7. The molecular formula is C27H37Cl2NO6. The second-order valence-corrected chi connectivity index (χ2v) is 9.43. The highest BCUT2D eigenvalue weighted by molar-refractivity contribution is 6.42. The van der Waals surface area contributed by atoms with Crippen LogP contribution in [0.25, 0.3) is 0 Å². The summed E-state index contributed by atoms with van der Waals surface area (Å²) in [4.78, 5) is 24.8. The summed E-state index contributed by atoms with van der Waals surface area (Å²) in [6, 6.07) is 5.09. The topological polar surface area (TPSA) is 83.1 Å². The van der Waals surface area contributed by atoms with Gasteiger partial charge in [-0.1, -0.05) is 87.2 Å². The number of ether oxygens (including phenoxy) is 4. The Balaban J connectivity index is 2.11. The molecule has 1 atom stereocenters. The van der Waals surface area contributed by atoms with Gasteiger partial charge in [0.15, 0.2) is 0 Å². The van der Waals surface area contributed by atoms with Crippen LogP contribution in [-0.4, -0.2) is 25.5 Å². The van der Waals surface area contributed by atoms with Crippen molar-refractivity contribution in [2.75, 3.05) is 13.2 Å². The fourth-order valence-corrected chi connectivity index (χ4v) is 4.42. The van der Waals surface area contributed by atoms with Gasteiger partial charge in [0.2, 0.25) is 0 Å². The number of rotatable bonds is 13. The van der Waals surface area contributed by atoms with Crippen LogP contribution in [0.1, 0.15) is 90.5 Å². The van der Waals surface area contributed by atoms with E-state index in [0.717, 1.165) is 19.3 Å². The maximum Gasteiger partial charge on any atom is 0.513 e. The van der Waals surface area contributed by atoms with Gasteiger partial charge in [0.05, 0.1) is 34.7 Å². The zero-order chi connectivity index (χ0) is 26.5. The quantitative estimate of drug-likeness (QED) is 0.197. The van der Waals surface area contributed by atoms with E-state index in [1.54, 1.807) is 39.0 Å². The molecule has 0 amide bonds. The molecule has 0 saturated carbocycles. The van der Waals surface area contributed by atoms with Gasteiger partial charge in [0.1, 0.15) is 17.4 Å². The Morgan fingerprint density at radius 1 is 0.833 bits per heavy atom. The van der Waals surface area contributed by atoms with E-state index in [4.69, 9.17) is 42.1 Å². The molecule has 1 aromatic rings. The van der Waals surface area contributed by atoms with Crippen molar-refractivity contribution in [1.29, 1.82) is 0 Å². The fraction of sp³-hybridized carbons (Fsp3) is 0.556. The van der Waals surface area contributed by atoms with Gasteiger partial charge in [-0.15, -0.1) is 0 Å². The zero-order valence-corrected chi connectivity index (χ0v) is 23.1. The molecule has 0 spiro atoms. The molecule has 7 nitrogen and oxygen atoms in total. The Morgan fingerprint density at radius 2 is 1.39 bits per heavy atom. The van der Waals surface area contributed by atoms with E-state index in [2.05, 4.69) is 12.2 Å². The number of hydrogen-bond acceptors (Lipinski definition) is 7. The Morgan fingerprint density at radius 3 is 1.97 bits per heavy atom. The summed E-state index contributed by atoms with van der Waals surface area (Å²) in [5, 5.41) is 3.66. The summed E-state index contributed by atoms with van der Waals surface area (Å²) in [6.07, 6.45) is 7.37. The molecule has 0 bridgehead atoms. The molecule has 1 N–H and O–H groups in total. The van der Waals surface area contributed by atoms with E-state index in [0.29, 0.717) is 22.0 Å². The van der Waals surface area contributed by atoms with Gasteiger partial charge in [-0.25, -0.2) is 9.59 Å². The Kier molecular flexibility index (Phi) is 13.0. The van der Waals surface area contributed by atoms with E-state index in [-0.39, 0.29) is 29.8 Å². The maximum atomic E-state index is 12.6. The normalized spacial score (nSPS) is 15.4. The first-order chi connectivity index (χ1) is 17.3. The van der Waals surface area contributed by atoms with Crippen molar-refractivity contribution in [3.8, 4) is 0 Å². The third kappa shape index (κ3) is 8.93. The number of carbonyl (C=O) groups excluding carboxylic acids is 2. The molecule has 1 heterocycles. The Bertz CT molecular complexity index is 960. The van der Waals surface area contributed by atoms with Gasteiger partial charge in [-0.3, -0.25) is 0 Å². The summed E-state index contributed by atoms with van der Waals surface area (Å²) in [6.45, 7) is 7.77. The molecule has 2 rings (SSSR count). The average molecular weight is 543 g/mol. The first-order valence-electron chi connectivity index (χ1n) is 12.6. The van der Waals surface area contributed by atoms with Crippen LogP contribution in [0.5, 0.6) is 0 Å². The molecule has 1 aromatic carbocycles. The van der Waals surface area contributed by atoms with Crippen LogP contribution in [-0.2, 0) is 18.9 Å². The van der Waals surface area contributed by atoms with E-state index in [9.17, 15) is 9.59 Å². The smallest absolute Gasteiger partial charge is 0.434 e. The molecule has 0 radical (unpaired) electrons. The van der Waals surface area contributed by atoms with Crippen molar-refractivity contribution in [3.05, 3.63) is 56.7 Å². The van der Waals surface area contributed by atoms with E-state index in [1.165, 1.54) is 32.1 Å². The molecule has 36 heavy (non-hydrogen) atoms. The highest BCUT2D eigenvalue weighted by atomic mass is 35.5. The van der Waals surface area contributed by atoms with Gasteiger partial charge in [-0.05, 0) is 38.8 Å². The molecule has 0 saturated heterocycles. The van der Waals surface area contributed by atoms with Crippen molar-refractivity contribution in [1.82, 2.24) is 5.32 Å². The number of nitrogens with one attached hydrogen (secondary N) is 1. The third-order valence-electron chi connectivity index (χ3n) is 5.80. The fourth-order valence-electron chi connectivity index (χ4n) is 4.00. The highest BCUT2D eigenvalue weighted by Crippen LogP contribution is 2.43. The second-order valence-electron chi connectivity index (χ2n) is 8.64. The van der Waals surface area contributed by atoms with Crippen molar-refractivity contribution < 1.29 is 28.5 Å². The lowest BCUT2D eigenvalue weighted by Crippen LogP contribution is -2.29. The summed E-state index contributed by atoms with van der Waals surface area (Å²) in [5.74, 6) is -0.434. The van der Waals surface area contributed by atoms with Gasteiger partial charge < -0.3 is 24.3 Å². The van der Waals surface area contributed by atoms with Crippen LogP contribution in [0.3, 0.4) is 0 Å². The average Bonchev–Trinajstić information content (AvgIpc) is 2.83. The number of dihydropyridines is 1. The second kappa shape index (κ2) is 15.7. The standard InChI is InChI=1S/C27H37Cl2NO6/c1-5-7-8-9-10-11-12-13-17-34-27(32)36-25-19(4)30-18(3)24(35-26(31)33-6-2)22(25)20-15-14-16-21(28)23(20)29/h14-16,22,30H,5-13,17H2,1-4H3. The molecule has 0 aliphatic carbocycles. The Labute approximate surface area is 224 Å². The van der Waals surface area contributed by atoms with Crippen molar-refractivity contribution in [3.63, 3.8) is 0 Å². The van der Waals surface area contributed by atoms with Crippen LogP contribution in [0.2, 0.25) is 10.0 Å². The summed E-state index contributed by atoms with van der Waals surface area (Å²) in [7, 11) is 0. The molecule has 9 heteroatoms. The predicted octanol–water partition coefficient (Wildman–Crippen LogP) is 8.61. The monoisotopic (exact) mass is 541 g/mol. The molecule has 0 fully saturated rings. The lowest BCUT2D eigenvalue weighted by Gasteiger charge is -2.30. The number of carbonyl (C=O) groups is 2. The summed E-state index contributed by atoms with van der Waals surface area (Å²) in [5.41, 5.74) is 1.60. The van der Waals surface area contributed by atoms with E-state index in [1.807, 2.05) is 0 Å². The van der Waals surface area contributed by atoms with Crippen molar-refractivity contribution in [2.45, 2.75) is 85.0 Å². The molecule has 0 aromatic heterocycles. The van der Waals surface area contributed by atoms with Gasteiger partial charge in [-0.2, -0.15) is 0 Å². The van der Waals surface area contributed by atoms with Crippen molar-refractivity contribution in [2.24, 2.45) is 0 Å². The highest BCUT2D eigenvalue weighted by Gasteiger charge is 2.37. The number of hydrogen-bond donors (Lipinski definition) is 1. The van der Waals surface area contributed by atoms with Crippen molar-refractivity contribution >= 4 is 35.5 Å². The van der Waals surface area contributed by atoms with Gasteiger partial charge >= 0.3 is 12.3 Å². The molecular weight excluding hydrogens is 505 g/mol.